The SMILES string of the molecule is CCCCNC(=O)CCc1nc2ccccc2[nH]c1=O. The van der Waals surface area contributed by atoms with E-state index in [1.54, 1.807) is 0 Å². The number of benzene rings is 1. The number of aromatic nitrogens is 2. The highest BCUT2D eigenvalue weighted by Gasteiger charge is 2.07. The fourth-order valence-corrected chi connectivity index (χ4v) is 1.96. The van der Waals surface area contributed by atoms with Crippen LogP contribution in [0.15, 0.2) is 29.1 Å². The summed E-state index contributed by atoms with van der Waals surface area (Å²) in [5.74, 6) is -0.0344. The molecule has 20 heavy (non-hydrogen) atoms. The van der Waals surface area contributed by atoms with Crippen molar-refractivity contribution in [3.63, 3.8) is 0 Å². The summed E-state index contributed by atoms with van der Waals surface area (Å²) in [5, 5.41) is 2.83. The van der Waals surface area contributed by atoms with Crippen molar-refractivity contribution >= 4 is 16.9 Å². The lowest BCUT2D eigenvalue weighted by atomic mass is 10.2. The van der Waals surface area contributed by atoms with Gasteiger partial charge < -0.3 is 10.3 Å². The van der Waals surface area contributed by atoms with Crippen LogP contribution in [-0.4, -0.2) is 22.4 Å². The van der Waals surface area contributed by atoms with Gasteiger partial charge in [-0.15, -0.1) is 0 Å². The van der Waals surface area contributed by atoms with Crippen LogP contribution in [0.1, 0.15) is 31.9 Å². The number of nitrogens with zero attached hydrogens (tertiary/aromatic N) is 1. The zero-order valence-corrected chi connectivity index (χ0v) is 11.6. The van der Waals surface area contributed by atoms with Crippen LogP contribution < -0.4 is 10.9 Å². The highest BCUT2D eigenvalue weighted by Crippen LogP contribution is 2.06. The molecule has 5 nitrogen and oxygen atoms in total. The summed E-state index contributed by atoms with van der Waals surface area (Å²) in [7, 11) is 0. The number of H-pyrrole nitrogens is 1. The second-order valence-corrected chi connectivity index (χ2v) is 4.73. The number of aromatic amines is 1. The van der Waals surface area contributed by atoms with E-state index in [-0.39, 0.29) is 17.9 Å². The summed E-state index contributed by atoms with van der Waals surface area (Å²) in [4.78, 5) is 30.6. The Morgan fingerprint density at radius 2 is 2.15 bits per heavy atom. The lowest BCUT2D eigenvalue weighted by molar-refractivity contribution is -0.121. The number of para-hydroxylation sites is 2. The zero-order chi connectivity index (χ0) is 14.4. The summed E-state index contributed by atoms with van der Waals surface area (Å²) in [6, 6.07) is 7.37. The molecule has 0 saturated heterocycles. The quantitative estimate of drug-likeness (QED) is 0.788. The van der Waals surface area contributed by atoms with Gasteiger partial charge in [0.2, 0.25) is 5.91 Å². The average Bonchev–Trinajstić information content (AvgIpc) is 2.45. The topological polar surface area (TPSA) is 74.8 Å². The first-order chi connectivity index (χ1) is 9.70. The maximum atomic E-state index is 11.9. The Bertz CT molecular complexity index is 649. The molecule has 1 heterocycles. The zero-order valence-electron chi connectivity index (χ0n) is 11.6. The predicted octanol–water partition coefficient (Wildman–Crippen LogP) is 1.77. The summed E-state index contributed by atoms with van der Waals surface area (Å²) in [6.07, 6.45) is 2.67. The largest absolute Gasteiger partial charge is 0.356 e. The molecule has 1 aromatic heterocycles. The van der Waals surface area contributed by atoms with Crippen molar-refractivity contribution in [1.29, 1.82) is 0 Å². The van der Waals surface area contributed by atoms with Gasteiger partial charge in [-0.2, -0.15) is 0 Å². The Hall–Kier alpha value is -2.17. The van der Waals surface area contributed by atoms with Crippen LogP contribution in [0.25, 0.3) is 11.0 Å². The monoisotopic (exact) mass is 273 g/mol. The van der Waals surface area contributed by atoms with Crippen molar-refractivity contribution in [1.82, 2.24) is 15.3 Å². The molecule has 106 valence electrons. The number of carbonyl (C=O) groups is 1. The van der Waals surface area contributed by atoms with Crippen LogP contribution in [-0.2, 0) is 11.2 Å². The van der Waals surface area contributed by atoms with E-state index in [4.69, 9.17) is 0 Å². The van der Waals surface area contributed by atoms with Gasteiger partial charge in [0.05, 0.1) is 11.0 Å². The number of carbonyl (C=O) groups excluding carboxylic acids is 1. The minimum Gasteiger partial charge on any atom is -0.356 e. The number of unbranched alkanes of at least 4 members (excludes halogenated alkanes) is 1. The predicted molar refractivity (Wildman–Crippen MR) is 78.6 cm³/mol. The van der Waals surface area contributed by atoms with Crippen LogP contribution in [0.3, 0.4) is 0 Å². The molecule has 5 heteroatoms. The fraction of sp³-hybridized carbons (Fsp3) is 0.400. The van der Waals surface area contributed by atoms with Crippen molar-refractivity contribution in [3.05, 3.63) is 40.3 Å². The van der Waals surface area contributed by atoms with E-state index in [1.165, 1.54) is 0 Å². The standard InChI is InChI=1S/C15H19N3O2/c1-2-3-10-16-14(19)9-8-13-15(20)18-12-7-5-4-6-11(12)17-13/h4-7H,2-3,8-10H2,1H3,(H,16,19)(H,18,20). The lowest BCUT2D eigenvalue weighted by Gasteiger charge is -2.04. The molecule has 1 amide bonds. The van der Waals surface area contributed by atoms with Crippen LogP contribution in [0, 0.1) is 0 Å². The third kappa shape index (κ3) is 3.66. The molecule has 0 saturated carbocycles. The summed E-state index contributed by atoms with van der Waals surface area (Å²) >= 11 is 0. The van der Waals surface area contributed by atoms with E-state index < -0.39 is 0 Å². The van der Waals surface area contributed by atoms with Gasteiger partial charge in [-0.05, 0) is 18.6 Å². The molecule has 2 aromatic rings. The van der Waals surface area contributed by atoms with Crippen molar-refractivity contribution in [2.24, 2.45) is 0 Å². The van der Waals surface area contributed by atoms with Gasteiger partial charge in [0.25, 0.3) is 5.56 Å². The number of hydrogen-bond donors (Lipinski definition) is 2. The maximum absolute atomic E-state index is 11.9. The van der Waals surface area contributed by atoms with Crippen molar-refractivity contribution in [2.45, 2.75) is 32.6 Å². The van der Waals surface area contributed by atoms with E-state index in [2.05, 4.69) is 22.2 Å². The summed E-state index contributed by atoms with van der Waals surface area (Å²) < 4.78 is 0. The number of fused-ring (bicyclic) bond motifs is 1. The molecule has 0 atom stereocenters. The number of aryl methyl sites for hydroxylation is 1. The number of hydrogen-bond acceptors (Lipinski definition) is 3. The fourth-order valence-electron chi connectivity index (χ4n) is 1.96. The van der Waals surface area contributed by atoms with Crippen molar-refractivity contribution in [2.75, 3.05) is 6.54 Å². The van der Waals surface area contributed by atoms with Crippen LogP contribution in [0.4, 0.5) is 0 Å². The third-order valence-electron chi connectivity index (χ3n) is 3.11. The number of amides is 1. The highest BCUT2D eigenvalue weighted by atomic mass is 16.1. The molecule has 0 unspecified atom stereocenters. The van der Waals surface area contributed by atoms with Crippen molar-refractivity contribution < 1.29 is 4.79 Å². The van der Waals surface area contributed by atoms with Crippen LogP contribution in [0.2, 0.25) is 0 Å². The van der Waals surface area contributed by atoms with Gasteiger partial charge in [-0.1, -0.05) is 25.5 Å². The Kier molecular flexibility index (Phi) is 4.87. The normalized spacial score (nSPS) is 10.7. The molecule has 0 aliphatic rings. The highest BCUT2D eigenvalue weighted by molar-refractivity contribution is 5.76. The van der Waals surface area contributed by atoms with E-state index in [0.29, 0.717) is 24.2 Å². The van der Waals surface area contributed by atoms with Gasteiger partial charge >= 0.3 is 0 Å². The van der Waals surface area contributed by atoms with Crippen molar-refractivity contribution in [3.8, 4) is 0 Å². The second kappa shape index (κ2) is 6.84. The second-order valence-electron chi connectivity index (χ2n) is 4.73. The molecular formula is C15H19N3O2. The third-order valence-corrected chi connectivity index (χ3v) is 3.11. The summed E-state index contributed by atoms with van der Waals surface area (Å²) in [6.45, 7) is 2.77. The molecule has 1 aromatic carbocycles. The average molecular weight is 273 g/mol. The Morgan fingerprint density at radius 1 is 1.35 bits per heavy atom. The van der Waals surface area contributed by atoms with Gasteiger partial charge in [0, 0.05) is 19.4 Å². The Labute approximate surface area is 117 Å². The Balaban J connectivity index is 2.01. The molecule has 2 rings (SSSR count). The molecular weight excluding hydrogens is 254 g/mol. The molecule has 0 fully saturated rings. The first-order valence-electron chi connectivity index (χ1n) is 6.95. The van der Waals surface area contributed by atoms with E-state index in [9.17, 15) is 9.59 Å². The molecule has 0 spiro atoms. The molecule has 0 aliphatic heterocycles. The van der Waals surface area contributed by atoms with Crippen LogP contribution in [0.5, 0.6) is 0 Å². The first kappa shape index (κ1) is 14.2. The van der Waals surface area contributed by atoms with Gasteiger partial charge in [-0.3, -0.25) is 9.59 Å². The Morgan fingerprint density at radius 3 is 2.95 bits per heavy atom. The minimum absolute atomic E-state index is 0.0344. The van der Waals surface area contributed by atoms with Crippen LogP contribution >= 0.6 is 0 Å². The van der Waals surface area contributed by atoms with E-state index >= 15 is 0 Å². The lowest BCUT2D eigenvalue weighted by Crippen LogP contribution is -2.26. The molecule has 2 N–H and O–H groups in total. The minimum atomic E-state index is -0.218. The molecule has 0 radical (unpaired) electrons. The maximum Gasteiger partial charge on any atom is 0.270 e. The van der Waals surface area contributed by atoms with E-state index in [1.807, 2.05) is 24.3 Å². The van der Waals surface area contributed by atoms with Gasteiger partial charge in [0.15, 0.2) is 0 Å². The molecule has 0 bridgehead atoms. The van der Waals surface area contributed by atoms with Gasteiger partial charge in [-0.25, -0.2) is 4.98 Å². The van der Waals surface area contributed by atoms with Gasteiger partial charge in [0.1, 0.15) is 5.69 Å². The molecule has 0 aliphatic carbocycles. The first-order valence-corrected chi connectivity index (χ1v) is 6.95. The van der Waals surface area contributed by atoms with E-state index in [0.717, 1.165) is 18.4 Å². The smallest absolute Gasteiger partial charge is 0.270 e. The summed E-state index contributed by atoms with van der Waals surface area (Å²) in [5.41, 5.74) is 1.65. The number of rotatable bonds is 6. The number of nitrogens with one attached hydrogen (secondary N) is 2.